The van der Waals surface area contributed by atoms with Gasteiger partial charge in [0.25, 0.3) is 0 Å². The van der Waals surface area contributed by atoms with Crippen molar-refractivity contribution in [3.05, 3.63) is 27.7 Å². The Hall–Kier alpha value is -0.480. The molecule has 0 aromatic heterocycles. The third-order valence-corrected chi connectivity index (χ3v) is 3.76. The lowest BCUT2D eigenvalue weighted by Crippen LogP contribution is -3.12. The highest BCUT2D eigenvalue weighted by atomic mass is 35.5. The summed E-state index contributed by atoms with van der Waals surface area (Å²) in [5.74, 6) is -0.0987. The van der Waals surface area contributed by atoms with Gasteiger partial charge in [0.1, 0.15) is 6.54 Å². The molecule has 0 radical (unpaired) electrons. The first-order chi connectivity index (χ1) is 8.06. The lowest BCUT2D eigenvalue weighted by atomic mass is 10.1. The van der Waals surface area contributed by atoms with Crippen molar-refractivity contribution in [3.8, 4) is 5.75 Å². The predicted molar refractivity (Wildman–Crippen MR) is 67.5 cm³/mol. The van der Waals surface area contributed by atoms with Gasteiger partial charge in [-0.05, 0) is 12.1 Å². The monoisotopic (exact) mass is 274 g/mol. The van der Waals surface area contributed by atoms with Crippen molar-refractivity contribution in [2.45, 2.75) is 25.4 Å². The first-order valence-corrected chi connectivity index (χ1v) is 6.56. The third kappa shape index (κ3) is 3.26. The minimum Gasteiger partial charge on any atom is -0.871 e. The molecule has 5 heteroatoms. The number of nitrogens with two attached hydrogens (primary N) is 1. The fourth-order valence-corrected chi connectivity index (χ4v) is 2.78. The number of piperidine rings is 1. The molecular formula is C12H16Cl2N2O. The third-order valence-electron chi connectivity index (χ3n) is 3.26. The maximum atomic E-state index is 11.8. The van der Waals surface area contributed by atoms with E-state index in [-0.39, 0.29) is 10.8 Å². The van der Waals surface area contributed by atoms with Gasteiger partial charge in [-0.25, -0.2) is 0 Å². The van der Waals surface area contributed by atoms with Crippen LogP contribution in [0.4, 0.5) is 0 Å². The van der Waals surface area contributed by atoms with E-state index < -0.39 is 0 Å². The number of likely N-dealkylation sites (tertiary alicyclic amines) is 1. The summed E-state index contributed by atoms with van der Waals surface area (Å²) < 4.78 is 0. The molecule has 0 amide bonds. The maximum Gasteiger partial charge on any atom is 0.102 e. The second-order valence-electron chi connectivity index (χ2n) is 4.64. The molecule has 1 saturated heterocycles. The van der Waals surface area contributed by atoms with Crippen molar-refractivity contribution >= 4 is 23.2 Å². The lowest BCUT2D eigenvalue weighted by molar-refractivity contribution is -0.918. The molecule has 1 heterocycles. The molecule has 0 bridgehead atoms. The molecule has 1 aliphatic rings. The second-order valence-corrected chi connectivity index (χ2v) is 5.48. The van der Waals surface area contributed by atoms with Gasteiger partial charge in [-0.1, -0.05) is 29.0 Å². The number of halogens is 2. The van der Waals surface area contributed by atoms with Crippen molar-refractivity contribution in [1.29, 1.82) is 0 Å². The fraction of sp³-hybridized carbons (Fsp3) is 0.500. The average molecular weight is 275 g/mol. The van der Waals surface area contributed by atoms with Gasteiger partial charge >= 0.3 is 0 Å². The van der Waals surface area contributed by atoms with E-state index in [1.165, 1.54) is 11.0 Å². The van der Waals surface area contributed by atoms with E-state index in [0.717, 1.165) is 25.9 Å². The molecule has 94 valence electrons. The molecule has 1 aromatic carbocycles. The quantitative estimate of drug-likeness (QED) is 0.829. The highest BCUT2D eigenvalue weighted by molar-refractivity contribution is 6.35. The Balaban J connectivity index is 2.08. The van der Waals surface area contributed by atoms with Crippen LogP contribution in [0.25, 0.3) is 0 Å². The van der Waals surface area contributed by atoms with Crippen molar-refractivity contribution in [1.82, 2.24) is 0 Å². The van der Waals surface area contributed by atoms with Crippen LogP contribution >= 0.6 is 23.2 Å². The molecule has 1 aromatic rings. The molecule has 0 unspecified atom stereocenters. The normalized spacial score (nSPS) is 24.9. The smallest absolute Gasteiger partial charge is 0.102 e. The molecule has 1 fully saturated rings. The van der Waals surface area contributed by atoms with Gasteiger partial charge in [-0.3, -0.25) is 0 Å². The van der Waals surface area contributed by atoms with Crippen molar-refractivity contribution < 1.29 is 10.0 Å². The van der Waals surface area contributed by atoms with Crippen LogP contribution in [-0.2, 0) is 6.54 Å². The van der Waals surface area contributed by atoms with E-state index in [0.29, 0.717) is 23.2 Å². The van der Waals surface area contributed by atoms with Crippen LogP contribution < -0.4 is 15.7 Å². The molecule has 0 saturated carbocycles. The molecule has 0 atom stereocenters. The van der Waals surface area contributed by atoms with Crippen LogP contribution in [0, 0.1) is 0 Å². The van der Waals surface area contributed by atoms with Gasteiger partial charge < -0.3 is 15.7 Å². The largest absolute Gasteiger partial charge is 0.871 e. The van der Waals surface area contributed by atoms with Crippen molar-refractivity contribution in [3.63, 3.8) is 0 Å². The molecule has 2 rings (SSSR count). The van der Waals surface area contributed by atoms with Gasteiger partial charge in [0.05, 0.1) is 13.1 Å². The van der Waals surface area contributed by atoms with Gasteiger partial charge in [0.15, 0.2) is 0 Å². The average Bonchev–Trinajstić information content (AvgIpc) is 2.28. The Morgan fingerprint density at radius 3 is 2.59 bits per heavy atom. The van der Waals surface area contributed by atoms with E-state index in [1.807, 2.05) is 0 Å². The lowest BCUT2D eigenvalue weighted by Gasteiger charge is -2.28. The number of hydrogen-bond donors (Lipinski definition) is 2. The van der Waals surface area contributed by atoms with Gasteiger partial charge in [0.2, 0.25) is 0 Å². The summed E-state index contributed by atoms with van der Waals surface area (Å²) in [5, 5.41) is 12.6. The van der Waals surface area contributed by atoms with E-state index >= 15 is 0 Å². The number of nitrogens with one attached hydrogen (secondary N) is 1. The SMILES string of the molecule is NC1CC[NH+](Cc2cc(Cl)cc(Cl)c2[O-])CC1. The second kappa shape index (κ2) is 5.44. The fourth-order valence-electron chi connectivity index (χ4n) is 2.24. The summed E-state index contributed by atoms with van der Waals surface area (Å²) >= 11 is 11.7. The molecule has 17 heavy (non-hydrogen) atoms. The Morgan fingerprint density at radius 2 is 1.94 bits per heavy atom. The van der Waals surface area contributed by atoms with Crippen molar-refractivity contribution in [2.24, 2.45) is 5.73 Å². The van der Waals surface area contributed by atoms with E-state index in [1.54, 1.807) is 6.07 Å². The topological polar surface area (TPSA) is 53.5 Å². The Kier molecular flexibility index (Phi) is 4.15. The summed E-state index contributed by atoms with van der Waals surface area (Å²) in [6.45, 7) is 2.70. The Labute approximate surface area is 111 Å². The predicted octanol–water partition coefficient (Wildman–Crippen LogP) is 0.573. The van der Waals surface area contributed by atoms with Crippen LogP contribution in [-0.4, -0.2) is 19.1 Å². The number of rotatable bonds is 2. The first-order valence-electron chi connectivity index (χ1n) is 5.80. The van der Waals surface area contributed by atoms with E-state index in [2.05, 4.69) is 0 Å². The van der Waals surface area contributed by atoms with Crippen LogP contribution in [0.1, 0.15) is 18.4 Å². The van der Waals surface area contributed by atoms with E-state index in [9.17, 15) is 5.11 Å². The van der Waals surface area contributed by atoms with Gasteiger partial charge in [-0.15, -0.1) is 0 Å². The Bertz CT molecular complexity index is 404. The van der Waals surface area contributed by atoms with Crippen LogP contribution in [0.15, 0.2) is 12.1 Å². The zero-order valence-corrected chi connectivity index (χ0v) is 11.0. The summed E-state index contributed by atoms with van der Waals surface area (Å²) in [5.41, 5.74) is 6.55. The van der Waals surface area contributed by atoms with Crippen LogP contribution in [0.3, 0.4) is 0 Å². The molecule has 0 spiro atoms. The van der Waals surface area contributed by atoms with Gasteiger partial charge in [0, 0.05) is 34.5 Å². The molecule has 0 aliphatic carbocycles. The highest BCUT2D eigenvalue weighted by Gasteiger charge is 2.19. The molecular weight excluding hydrogens is 259 g/mol. The zero-order chi connectivity index (χ0) is 12.4. The number of hydrogen-bond acceptors (Lipinski definition) is 2. The minimum atomic E-state index is -0.0987. The summed E-state index contributed by atoms with van der Waals surface area (Å²) in [4.78, 5) is 1.38. The Morgan fingerprint density at radius 1 is 1.29 bits per heavy atom. The van der Waals surface area contributed by atoms with Crippen LogP contribution in [0.5, 0.6) is 5.75 Å². The number of quaternary nitrogens is 1. The van der Waals surface area contributed by atoms with Crippen LogP contribution in [0.2, 0.25) is 10.0 Å². The minimum absolute atomic E-state index is 0.0987. The molecule has 3 nitrogen and oxygen atoms in total. The summed E-state index contributed by atoms with van der Waals surface area (Å²) in [6, 6.07) is 3.53. The van der Waals surface area contributed by atoms with Crippen molar-refractivity contribution in [2.75, 3.05) is 13.1 Å². The standard InChI is InChI=1S/C12H16Cl2N2O/c13-9-5-8(12(17)11(14)6-9)7-16-3-1-10(15)2-4-16/h5-6,10,17H,1-4,7,15H2. The number of benzene rings is 1. The summed E-state index contributed by atoms with van der Waals surface area (Å²) in [7, 11) is 0. The first kappa shape index (κ1) is 13.0. The molecule has 1 aliphatic heterocycles. The maximum absolute atomic E-state index is 11.8. The van der Waals surface area contributed by atoms with Gasteiger partial charge in [-0.2, -0.15) is 0 Å². The zero-order valence-electron chi connectivity index (χ0n) is 9.51. The van der Waals surface area contributed by atoms with E-state index in [4.69, 9.17) is 28.9 Å². The summed E-state index contributed by atoms with van der Waals surface area (Å²) in [6.07, 6.45) is 2.02. The molecule has 3 N–H and O–H groups in total. The highest BCUT2D eigenvalue weighted by Crippen LogP contribution is 2.28.